The van der Waals surface area contributed by atoms with E-state index in [0.29, 0.717) is 6.04 Å². The number of aromatic nitrogens is 1. The van der Waals surface area contributed by atoms with Gasteiger partial charge in [0.15, 0.2) is 0 Å². The number of nitrogens with one attached hydrogen (secondary N) is 1. The number of thiazole rings is 1. The molecule has 102 valence electrons. The van der Waals surface area contributed by atoms with Gasteiger partial charge in [0, 0.05) is 28.0 Å². The van der Waals surface area contributed by atoms with Crippen molar-refractivity contribution in [1.29, 1.82) is 0 Å². The smallest absolute Gasteiger partial charge is 0.0972 e. The zero-order valence-electron chi connectivity index (χ0n) is 11.3. The molecule has 1 heterocycles. The molecule has 1 unspecified atom stereocenters. The monoisotopic (exact) mass is 338 g/mol. The van der Waals surface area contributed by atoms with Gasteiger partial charge in [0.05, 0.1) is 5.01 Å². The second kappa shape index (κ2) is 7.17. The molecule has 19 heavy (non-hydrogen) atoms. The second-order valence-electron chi connectivity index (χ2n) is 4.60. The highest BCUT2D eigenvalue weighted by Gasteiger charge is 2.10. The summed E-state index contributed by atoms with van der Waals surface area (Å²) in [7, 11) is 0. The molecule has 2 rings (SSSR count). The lowest BCUT2D eigenvalue weighted by atomic mass is 10.2. The first-order chi connectivity index (χ1) is 9.20. The Labute approximate surface area is 127 Å². The van der Waals surface area contributed by atoms with Crippen molar-refractivity contribution in [2.45, 2.75) is 32.7 Å². The van der Waals surface area contributed by atoms with Gasteiger partial charge in [-0.1, -0.05) is 41.1 Å². The summed E-state index contributed by atoms with van der Waals surface area (Å²) in [4.78, 5) is 5.85. The molecule has 0 amide bonds. The van der Waals surface area contributed by atoms with Crippen LogP contribution in [0.15, 0.2) is 34.9 Å². The molecular formula is C15H19BrN2S. The highest BCUT2D eigenvalue weighted by Crippen LogP contribution is 2.25. The van der Waals surface area contributed by atoms with Crippen molar-refractivity contribution in [3.8, 4) is 0 Å². The summed E-state index contributed by atoms with van der Waals surface area (Å²) in [6.45, 7) is 5.44. The Morgan fingerprint density at radius 3 is 2.89 bits per heavy atom. The van der Waals surface area contributed by atoms with E-state index in [9.17, 15) is 0 Å². The highest BCUT2D eigenvalue weighted by molar-refractivity contribution is 9.10. The highest BCUT2D eigenvalue weighted by atomic mass is 79.9. The number of rotatable bonds is 6. The van der Waals surface area contributed by atoms with Gasteiger partial charge in [-0.15, -0.1) is 11.3 Å². The average Bonchev–Trinajstić information content (AvgIpc) is 2.87. The Hall–Kier alpha value is -0.710. The first-order valence-corrected chi connectivity index (χ1v) is 8.23. The zero-order chi connectivity index (χ0) is 13.7. The van der Waals surface area contributed by atoms with Crippen LogP contribution in [0.5, 0.6) is 0 Å². The normalized spacial score (nSPS) is 12.6. The SMILES string of the molecule is CCCNC(C)c1cnc(Cc2ccccc2Br)s1. The van der Waals surface area contributed by atoms with Crippen molar-refractivity contribution < 1.29 is 0 Å². The number of halogens is 1. The van der Waals surface area contributed by atoms with Crippen molar-refractivity contribution >= 4 is 27.3 Å². The fraction of sp³-hybridized carbons (Fsp3) is 0.400. The number of hydrogen-bond acceptors (Lipinski definition) is 3. The van der Waals surface area contributed by atoms with Gasteiger partial charge in [-0.25, -0.2) is 4.98 Å². The van der Waals surface area contributed by atoms with Gasteiger partial charge in [0.25, 0.3) is 0 Å². The van der Waals surface area contributed by atoms with Crippen molar-refractivity contribution in [3.63, 3.8) is 0 Å². The minimum Gasteiger partial charge on any atom is -0.309 e. The first kappa shape index (κ1) is 14.7. The van der Waals surface area contributed by atoms with E-state index in [-0.39, 0.29) is 0 Å². The molecule has 0 aliphatic carbocycles. The minimum atomic E-state index is 0.394. The Morgan fingerprint density at radius 2 is 2.16 bits per heavy atom. The minimum absolute atomic E-state index is 0.394. The van der Waals surface area contributed by atoms with Gasteiger partial charge in [0.1, 0.15) is 0 Å². The molecule has 1 aromatic carbocycles. The second-order valence-corrected chi connectivity index (χ2v) is 6.60. The molecule has 0 aliphatic heterocycles. The molecule has 1 aromatic heterocycles. The molecular weight excluding hydrogens is 320 g/mol. The zero-order valence-corrected chi connectivity index (χ0v) is 13.7. The van der Waals surface area contributed by atoms with Crippen molar-refractivity contribution in [2.24, 2.45) is 0 Å². The third kappa shape index (κ3) is 4.13. The predicted molar refractivity (Wildman–Crippen MR) is 85.8 cm³/mol. The van der Waals surface area contributed by atoms with Gasteiger partial charge in [-0.2, -0.15) is 0 Å². The summed E-state index contributed by atoms with van der Waals surface area (Å²) in [6.07, 6.45) is 4.06. The molecule has 0 bridgehead atoms. The Morgan fingerprint density at radius 1 is 1.37 bits per heavy atom. The Kier molecular flexibility index (Phi) is 5.55. The lowest BCUT2D eigenvalue weighted by Crippen LogP contribution is -2.18. The van der Waals surface area contributed by atoms with Crippen LogP contribution in [-0.2, 0) is 6.42 Å². The van der Waals surface area contributed by atoms with Crippen LogP contribution >= 0.6 is 27.3 Å². The van der Waals surface area contributed by atoms with Gasteiger partial charge in [0.2, 0.25) is 0 Å². The molecule has 1 N–H and O–H groups in total. The fourth-order valence-electron chi connectivity index (χ4n) is 1.87. The molecule has 0 fully saturated rings. The van der Waals surface area contributed by atoms with Crippen molar-refractivity contribution in [2.75, 3.05) is 6.54 Å². The summed E-state index contributed by atoms with van der Waals surface area (Å²) in [5, 5.41) is 4.67. The summed E-state index contributed by atoms with van der Waals surface area (Å²) < 4.78 is 1.16. The fourth-order valence-corrected chi connectivity index (χ4v) is 3.27. The lowest BCUT2D eigenvalue weighted by molar-refractivity contribution is 0.577. The van der Waals surface area contributed by atoms with E-state index in [2.05, 4.69) is 58.3 Å². The van der Waals surface area contributed by atoms with Crippen LogP contribution in [-0.4, -0.2) is 11.5 Å². The molecule has 2 nitrogen and oxygen atoms in total. The van der Waals surface area contributed by atoms with Crippen LogP contribution in [0.4, 0.5) is 0 Å². The topological polar surface area (TPSA) is 24.9 Å². The Bertz CT molecular complexity index is 524. The van der Waals surface area contributed by atoms with Gasteiger partial charge < -0.3 is 5.32 Å². The van der Waals surface area contributed by atoms with E-state index in [1.165, 1.54) is 15.4 Å². The lowest BCUT2D eigenvalue weighted by Gasteiger charge is -2.09. The van der Waals surface area contributed by atoms with Crippen molar-refractivity contribution in [1.82, 2.24) is 10.3 Å². The maximum absolute atomic E-state index is 4.54. The maximum atomic E-state index is 4.54. The third-order valence-electron chi connectivity index (χ3n) is 3.00. The molecule has 2 aromatic rings. The molecule has 1 atom stereocenters. The Balaban J connectivity index is 2.03. The van der Waals surface area contributed by atoms with Crippen LogP contribution in [0.2, 0.25) is 0 Å². The van der Waals surface area contributed by atoms with Gasteiger partial charge >= 0.3 is 0 Å². The van der Waals surface area contributed by atoms with Crippen LogP contribution in [0.25, 0.3) is 0 Å². The van der Waals surface area contributed by atoms with Crippen LogP contribution < -0.4 is 5.32 Å². The largest absolute Gasteiger partial charge is 0.309 e. The number of benzene rings is 1. The van der Waals surface area contributed by atoms with Crippen LogP contribution in [0.1, 0.15) is 41.8 Å². The molecule has 0 spiro atoms. The molecule has 4 heteroatoms. The van der Waals surface area contributed by atoms with Crippen molar-refractivity contribution in [3.05, 3.63) is 50.4 Å². The molecule has 0 radical (unpaired) electrons. The summed E-state index contributed by atoms with van der Waals surface area (Å²) in [6, 6.07) is 8.72. The summed E-state index contributed by atoms with van der Waals surface area (Å²) in [5.41, 5.74) is 1.29. The predicted octanol–water partition coefficient (Wildman–Crippen LogP) is 4.56. The van der Waals surface area contributed by atoms with E-state index in [1.54, 1.807) is 11.3 Å². The van der Waals surface area contributed by atoms with E-state index >= 15 is 0 Å². The molecule has 0 saturated heterocycles. The molecule has 0 aliphatic rings. The number of nitrogens with zero attached hydrogens (tertiary/aromatic N) is 1. The standard InChI is InChI=1S/C15H19BrN2S/c1-3-8-17-11(2)14-10-18-15(19-14)9-12-6-4-5-7-13(12)16/h4-7,10-11,17H,3,8-9H2,1-2H3. The average molecular weight is 339 g/mol. The van der Waals surface area contributed by atoms with E-state index in [1.807, 2.05) is 12.3 Å². The van der Waals surface area contributed by atoms with Crippen LogP contribution in [0.3, 0.4) is 0 Å². The summed E-state index contributed by atoms with van der Waals surface area (Å²) in [5.74, 6) is 0. The molecule has 0 saturated carbocycles. The van der Waals surface area contributed by atoms with E-state index in [0.717, 1.165) is 23.9 Å². The van der Waals surface area contributed by atoms with E-state index in [4.69, 9.17) is 0 Å². The quantitative estimate of drug-likeness (QED) is 0.835. The third-order valence-corrected chi connectivity index (χ3v) is 4.95. The summed E-state index contributed by atoms with van der Waals surface area (Å²) >= 11 is 5.39. The van der Waals surface area contributed by atoms with Crippen LogP contribution in [0, 0.1) is 0 Å². The van der Waals surface area contributed by atoms with Gasteiger partial charge in [-0.3, -0.25) is 0 Å². The number of hydrogen-bond donors (Lipinski definition) is 1. The van der Waals surface area contributed by atoms with Gasteiger partial charge in [-0.05, 0) is 31.5 Å². The maximum Gasteiger partial charge on any atom is 0.0972 e. The first-order valence-electron chi connectivity index (χ1n) is 6.62. The van der Waals surface area contributed by atoms with E-state index < -0.39 is 0 Å².